The molecule has 2 aliphatic rings. The third-order valence-corrected chi connectivity index (χ3v) is 4.89. The molecule has 1 saturated heterocycles. The topological polar surface area (TPSA) is 32.7 Å². The van der Waals surface area contributed by atoms with Crippen LogP contribution in [-0.2, 0) is 4.74 Å². The molecule has 1 fully saturated rings. The summed E-state index contributed by atoms with van der Waals surface area (Å²) in [5.74, 6) is 0.599. The van der Waals surface area contributed by atoms with Gasteiger partial charge in [-0.25, -0.2) is 0 Å². The summed E-state index contributed by atoms with van der Waals surface area (Å²) in [7, 11) is 2.22. The van der Waals surface area contributed by atoms with Crippen molar-refractivity contribution in [3.05, 3.63) is 29.8 Å². The number of aliphatic hydroxyl groups excluding tert-OH is 1. The molecule has 3 atom stereocenters. The molecule has 0 spiro atoms. The Morgan fingerprint density at radius 3 is 3.00 bits per heavy atom. The first kappa shape index (κ1) is 13.9. The molecule has 2 aliphatic heterocycles. The Morgan fingerprint density at radius 2 is 2.15 bits per heavy atom. The zero-order valence-electron chi connectivity index (χ0n) is 12.3. The van der Waals surface area contributed by atoms with Crippen molar-refractivity contribution in [3.8, 4) is 0 Å². The molecule has 0 aliphatic carbocycles. The number of anilines is 1. The van der Waals surface area contributed by atoms with E-state index in [1.54, 1.807) is 0 Å². The highest BCUT2D eigenvalue weighted by Gasteiger charge is 2.41. The molecule has 3 unspecified atom stereocenters. The molecule has 0 aromatic heterocycles. The van der Waals surface area contributed by atoms with Gasteiger partial charge in [-0.2, -0.15) is 0 Å². The van der Waals surface area contributed by atoms with E-state index >= 15 is 0 Å². The van der Waals surface area contributed by atoms with Crippen LogP contribution in [0, 0.1) is 5.92 Å². The second-order valence-electron chi connectivity index (χ2n) is 6.05. The third kappa shape index (κ3) is 2.45. The van der Waals surface area contributed by atoms with Gasteiger partial charge in [0.2, 0.25) is 0 Å². The van der Waals surface area contributed by atoms with Gasteiger partial charge in [0.25, 0.3) is 0 Å². The lowest BCUT2D eigenvalue weighted by Gasteiger charge is -2.48. The van der Waals surface area contributed by atoms with Crippen LogP contribution < -0.4 is 4.90 Å². The molecule has 1 N–H and O–H groups in total. The normalized spacial score (nSPS) is 28.9. The fourth-order valence-electron chi connectivity index (χ4n) is 3.91. The number of hydrogen-bond acceptors (Lipinski definition) is 3. The molecule has 3 rings (SSSR count). The van der Waals surface area contributed by atoms with Crippen LogP contribution in [0.25, 0.3) is 0 Å². The van der Waals surface area contributed by atoms with Crippen molar-refractivity contribution in [2.24, 2.45) is 5.92 Å². The maximum absolute atomic E-state index is 9.01. The van der Waals surface area contributed by atoms with E-state index in [4.69, 9.17) is 9.84 Å². The summed E-state index contributed by atoms with van der Waals surface area (Å²) in [6.07, 6.45) is 5.85. The molecule has 0 amide bonds. The molecule has 0 radical (unpaired) electrons. The average molecular weight is 275 g/mol. The summed E-state index contributed by atoms with van der Waals surface area (Å²) >= 11 is 0. The van der Waals surface area contributed by atoms with Crippen molar-refractivity contribution >= 4 is 5.69 Å². The van der Waals surface area contributed by atoms with Gasteiger partial charge in [-0.15, -0.1) is 0 Å². The summed E-state index contributed by atoms with van der Waals surface area (Å²) in [6, 6.07) is 9.21. The van der Waals surface area contributed by atoms with Crippen molar-refractivity contribution in [2.75, 3.05) is 25.2 Å². The van der Waals surface area contributed by atoms with Crippen LogP contribution >= 0.6 is 0 Å². The molecule has 0 bridgehead atoms. The number of ether oxygens (including phenoxy) is 1. The van der Waals surface area contributed by atoms with E-state index in [9.17, 15) is 0 Å². The lowest BCUT2D eigenvalue weighted by molar-refractivity contribution is -0.0427. The molecule has 2 heterocycles. The van der Waals surface area contributed by atoms with E-state index in [2.05, 4.69) is 36.2 Å². The Balaban J connectivity index is 1.87. The summed E-state index contributed by atoms with van der Waals surface area (Å²) < 4.78 is 6.12. The zero-order valence-corrected chi connectivity index (χ0v) is 12.3. The van der Waals surface area contributed by atoms with Crippen molar-refractivity contribution in [1.29, 1.82) is 0 Å². The number of benzene rings is 1. The number of fused-ring (bicyclic) bond motifs is 3. The van der Waals surface area contributed by atoms with Gasteiger partial charge in [0.15, 0.2) is 0 Å². The van der Waals surface area contributed by atoms with Crippen LogP contribution in [-0.4, -0.2) is 31.4 Å². The zero-order chi connectivity index (χ0) is 13.9. The van der Waals surface area contributed by atoms with Crippen LogP contribution in [0.15, 0.2) is 24.3 Å². The lowest BCUT2D eigenvalue weighted by atomic mass is 9.77. The number of unbranched alkanes of at least 4 members (excludes halogenated alkanes) is 1. The quantitative estimate of drug-likeness (QED) is 0.857. The number of hydrogen-bond donors (Lipinski definition) is 1. The molecule has 0 saturated carbocycles. The van der Waals surface area contributed by atoms with E-state index in [-0.39, 0.29) is 6.10 Å². The Morgan fingerprint density at radius 1 is 1.30 bits per heavy atom. The highest BCUT2D eigenvalue weighted by Crippen LogP contribution is 2.47. The van der Waals surface area contributed by atoms with Crippen molar-refractivity contribution in [2.45, 2.75) is 44.2 Å². The van der Waals surface area contributed by atoms with Gasteiger partial charge in [0, 0.05) is 43.5 Å². The van der Waals surface area contributed by atoms with Crippen LogP contribution in [0.2, 0.25) is 0 Å². The van der Waals surface area contributed by atoms with Gasteiger partial charge < -0.3 is 14.7 Å². The summed E-state index contributed by atoms with van der Waals surface area (Å²) in [4.78, 5) is 2.45. The second-order valence-corrected chi connectivity index (χ2v) is 6.05. The van der Waals surface area contributed by atoms with E-state index in [1.807, 2.05) is 0 Å². The highest BCUT2D eigenvalue weighted by atomic mass is 16.5. The summed E-state index contributed by atoms with van der Waals surface area (Å²) in [5.41, 5.74) is 2.68. The maximum Gasteiger partial charge on any atom is 0.0892 e. The van der Waals surface area contributed by atoms with Gasteiger partial charge in [-0.05, 0) is 38.2 Å². The Bertz CT molecular complexity index is 448. The fraction of sp³-hybridized carbons (Fsp3) is 0.647. The van der Waals surface area contributed by atoms with E-state index in [1.165, 1.54) is 24.1 Å². The Kier molecular flexibility index (Phi) is 4.27. The van der Waals surface area contributed by atoms with Gasteiger partial charge >= 0.3 is 0 Å². The monoisotopic (exact) mass is 275 g/mol. The molecule has 3 heteroatoms. The molecule has 20 heavy (non-hydrogen) atoms. The molecule has 3 nitrogen and oxygen atoms in total. The molecular weight excluding hydrogens is 250 g/mol. The summed E-state index contributed by atoms with van der Waals surface area (Å²) in [6.45, 7) is 1.19. The lowest BCUT2D eigenvalue weighted by Crippen LogP contribution is -2.47. The first-order chi connectivity index (χ1) is 9.83. The maximum atomic E-state index is 9.01. The van der Waals surface area contributed by atoms with Gasteiger partial charge in [-0.3, -0.25) is 0 Å². The first-order valence-corrected chi connectivity index (χ1v) is 7.87. The Hall–Kier alpha value is -1.06. The molecule has 1 aromatic rings. The SMILES string of the molecule is CN1c2ccccc2C2OCCCC2C1CCCCO. The smallest absolute Gasteiger partial charge is 0.0892 e. The van der Waals surface area contributed by atoms with Crippen LogP contribution in [0.3, 0.4) is 0 Å². The minimum Gasteiger partial charge on any atom is -0.396 e. The highest BCUT2D eigenvalue weighted by molar-refractivity contribution is 5.57. The first-order valence-electron chi connectivity index (χ1n) is 7.87. The van der Waals surface area contributed by atoms with Gasteiger partial charge in [0.05, 0.1) is 6.10 Å². The van der Waals surface area contributed by atoms with Crippen LogP contribution in [0.4, 0.5) is 5.69 Å². The molecule has 1 aromatic carbocycles. The molecule has 110 valence electrons. The largest absolute Gasteiger partial charge is 0.396 e. The van der Waals surface area contributed by atoms with E-state index in [0.717, 1.165) is 25.9 Å². The van der Waals surface area contributed by atoms with Crippen LogP contribution in [0.5, 0.6) is 0 Å². The number of rotatable bonds is 4. The predicted molar refractivity (Wildman–Crippen MR) is 81.0 cm³/mol. The number of aliphatic hydroxyl groups is 1. The second kappa shape index (κ2) is 6.15. The minimum atomic E-state index is 0.273. The van der Waals surface area contributed by atoms with Crippen LogP contribution in [0.1, 0.15) is 43.8 Å². The van der Waals surface area contributed by atoms with E-state index < -0.39 is 0 Å². The van der Waals surface area contributed by atoms with Crippen molar-refractivity contribution < 1.29 is 9.84 Å². The molecular formula is C17H25NO2. The Labute approximate surface area is 121 Å². The minimum absolute atomic E-state index is 0.273. The third-order valence-electron chi connectivity index (χ3n) is 4.89. The standard InChI is InChI=1S/C17H25NO2/c1-18-15-9-3-2-7-13(15)17-14(8-6-12-20-17)16(18)10-4-5-11-19/h2-3,7,9,14,16-17,19H,4-6,8,10-12H2,1H3. The van der Waals surface area contributed by atoms with Crippen molar-refractivity contribution in [1.82, 2.24) is 0 Å². The summed E-state index contributed by atoms with van der Waals surface area (Å²) in [5, 5.41) is 9.01. The number of nitrogens with zero attached hydrogens (tertiary/aromatic N) is 1. The van der Waals surface area contributed by atoms with E-state index in [0.29, 0.717) is 18.6 Å². The predicted octanol–water partition coefficient (Wildman–Crippen LogP) is 3.14. The fourth-order valence-corrected chi connectivity index (χ4v) is 3.91. The van der Waals surface area contributed by atoms with Gasteiger partial charge in [0.1, 0.15) is 0 Å². The van der Waals surface area contributed by atoms with Crippen molar-refractivity contribution in [3.63, 3.8) is 0 Å². The number of para-hydroxylation sites is 1. The van der Waals surface area contributed by atoms with Gasteiger partial charge in [-0.1, -0.05) is 18.2 Å². The average Bonchev–Trinajstić information content (AvgIpc) is 2.51.